The van der Waals surface area contributed by atoms with Crippen molar-refractivity contribution >= 4 is 18.0 Å². The number of fused-ring (bicyclic) bond motifs is 3. The zero-order valence-corrected chi connectivity index (χ0v) is 18.8. The summed E-state index contributed by atoms with van der Waals surface area (Å²) >= 11 is 0. The minimum Gasteiger partial charge on any atom is -0.481 e. The van der Waals surface area contributed by atoms with Crippen LogP contribution in [0.25, 0.3) is 11.1 Å². The molecule has 1 atom stereocenters. The van der Waals surface area contributed by atoms with Gasteiger partial charge in [-0.25, -0.2) is 4.79 Å². The lowest BCUT2D eigenvalue weighted by Crippen LogP contribution is -2.41. The highest BCUT2D eigenvalue weighted by atomic mass is 16.5. The van der Waals surface area contributed by atoms with Crippen molar-refractivity contribution in [1.82, 2.24) is 10.6 Å². The van der Waals surface area contributed by atoms with Crippen LogP contribution < -0.4 is 10.6 Å². The van der Waals surface area contributed by atoms with E-state index in [1.807, 2.05) is 24.3 Å². The molecular formula is C26H30N2O5. The van der Waals surface area contributed by atoms with Crippen LogP contribution in [0.5, 0.6) is 0 Å². The van der Waals surface area contributed by atoms with Gasteiger partial charge in [0, 0.05) is 25.4 Å². The van der Waals surface area contributed by atoms with Gasteiger partial charge in [-0.05, 0) is 46.9 Å². The Morgan fingerprint density at radius 1 is 0.970 bits per heavy atom. The topological polar surface area (TPSA) is 105 Å². The van der Waals surface area contributed by atoms with Crippen LogP contribution in [0.3, 0.4) is 0 Å². The first-order valence-corrected chi connectivity index (χ1v) is 11.5. The van der Waals surface area contributed by atoms with Crippen molar-refractivity contribution in [2.45, 2.75) is 32.1 Å². The molecule has 1 fully saturated rings. The number of aliphatic carboxylic acids is 1. The van der Waals surface area contributed by atoms with Crippen LogP contribution in [0.15, 0.2) is 48.5 Å². The van der Waals surface area contributed by atoms with E-state index < -0.39 is 12.1 Å². The second-order valence-corrected chi connectivity index (χ2v) is 9.15. The standard InChI is InChI=1S/C26H30N2O5/c1-16(25(31)27-14-18-10-17(11-18)12-24(29)30)13-28-26(32)33-15-23-21-8-4-2-6-19(21)20-7-3-5-9-22(20)23/h2-9,16-18,23H,10-15H2,1H3,(H,27,31)(H,28,32)(H,29,30). The molecule has 0 spiro atoms. The summed E-state index contributed by atoms with van der Waals surface area (Å²) in [6.45, 7) is 2.73. The molecule has 174 valence electrons. The third kappa shape index (κ3) is 5.35. The van der Waals surface area contributed by atoms with Crippen molar-refractivity contribution in [2.24, 2.45) is 17.8 Å². The van der Waals surface area contributed by atoms with Gasteiger partial charge in [0.2, 0.25) is 5.91 Å². The minimum atomic E-state index is -0.768. The molecule has 7 heteroatoms. The van der Waals surface area contributed by atoms with Gasteiger partial charge in [-0.1, -0.05) is 55.5 Å². The van der Waals surface area contributed by atoms with Crippen molar-refractivity contribution < 1.29 is 24.2 Å². The Bertz CT molecular complexity index is 985. The molecule has 2 aromatic carbocycles. The zero-order chi connectivity index (χ0) is 23.4. The molecule has 0 saturated heterocycles. The maximum absolute atomic E-state index is 12.3. The van der Waals surface area contributed by atoms with E-state index in [0.29, 0.717) is 12.5 Å². The summed E-state index contributed by atoms with van der Waals surface area (Å²) in [5, 5.41) is 14.4. The van der Waals surface area contributed by atoms with Gasteiger partial charge in [0.1, 0.15) is 6.61 Å². The molecule has 0 heterocycles. The van der Waals surface area contributed by atoms with E-state index in [-0.39, 0.29) is 43.2 Å². The first-order valence-electron chi connectivity index (χ1n) is 11.5. The molecule has 2 aliphatic carbocycles. The van der Waals surface area contributed by atoms with E-state index in [9.17, 15) is 14.4 Å². The van der Waals surface area contributed by atoms with Crippen molar-refractivity contribution in [3.8, 4) is 11.1 Å². The number of carbonyl (C=O) groups excluding carboxylic acids is 2. The second kappa shape index (κ2) is 10.1. The molecular weight excluding hydrogens is 420 g/mol. The summed E-state index contributed by atoms with van der Waals surface area (Å²) < 4.78 is 5.51. The lowest BCUT2D eigenvalue weighted by Gasteiger charge is -2.34. The Kier molecular flexibility index (Phi) is 6.96. The SMILES string of the molecule is CC(CNC(=O)OCC1c2ccccc2-c2ccccc21)C(=O)NCC1CC(CC(=O)O)C1. The van der Waals surface area contributed by atoms with E-state index in [2.05, 4.69) is 34.9 Å². The summed E-state index contributed by atoms with van der Waals surface area (Å²) in [5.41, 5.74) is 4.66. The predicted molar refractivity (Wildman–Crippen MR) is 124 cm³/mol. The maximum Gasteiger partial charge on any atom is 0.407 e. The highest BCUT2D eigenvalue weighted by molar-refractivity contribution is 5.80. The summed E-state index contributed by atoms with van der Waals surface area (Å²) in [7, 11) is 0. The lowest BCUT2D eigenvalue weighted by atomic mass is 9.73. The Morgan fingerprint density at radius 2 is 1.58 bits per heavy atom. The molecule has 0 aliphatic heterocycles. The first-order chi connectivity index (χ1) is 15.9. The average Bonchev–Trinajstić information content (AvgIpc) is 3.10. The van der Waals surface area contributed by atoms with Gasteiger partial charge < -0.3 is 20.5 Å². The molecule has 0 bridgehead atoms. The van der Waals surface area contributed by atoms with Crippen LogP contribution in [0.2, 0.25) is 0 Å². The number of hydrogen-bond acceptors (Lipinski definition) is 4. The van der Waals surface area contributed by atoms with E-state index in [1.165, 1.54) is 11.1 Å². The fourth-order valence-electron chi connectivity index (χ4n) is 4.85. The van der Waals surface area contributed by atoms with Crippen molar-refractivity contribution in [3.05, 3.63) is 59.7 Å². The van der Waals surface area contributed by atoms with Crippen LogP contribution in [0, 0.1) is 17.8 Å². The normalized spacial score (nSPS) is 19.5. The number of amides is 2. The molecule has 2 aromatic rings. The van der Waals surface area contributed by atoms with Gasteiger partial charge in [0.05, 0.1) is 5.92 Å². The van der Waals surface area contributed by atoms with E-state index >= 15 is 0 Å². The number of carboxylic acids is 1. The summed E-state index contributed by atoms with van der Waals surface area (Å²) in [4.78, 5) is 35.3. The molecule has 7 nitrogen and oxygen atoms in total. The van der Waals surface area contributed by atoms with E-state index in [4.69, 9.17) is 9.84 Å². The minimum absolute atomic E-state index is 0.00342. The summed E-state index contributed by atoms with van der Waals surface area (Å²) in [6, 6.07) is 16.3. The molecule has 2 aliphatic rings. The molecule has 0 aromatic heterocycles. The highest BCUT2D eigenvalue weighted by Gasteiger charge is 2.31. The quantitative estimate of drug-likeness (QED) is 0.539. The van der Waals surface area contributed by atoms with Crippen LogP contribution in [0.4, 0.5) is 4.79 Å². The third-order valence-corrected chi connectivity index (χ3v) is 6.71. The number of rotatable bonds is 9. The highest BCUT2D eigenvalue weighted by Crippen LogP contribution is 2.44. The maximum atomic E-state index is 12.3. The summed E-state index contributed by atoms with van der Waals surface area (Å²) in [6.07, 6.45) is 1.33. The van der Waals surface area contributed by atoms with E-state index in [0.717, 1.165) is 24.0 Å². The number of nitrogens with one attached hydrogen (secondary N) is 2. The smallest absolute Gasteiger partial charge is 0.407 e. The van der Waals surface area contributed by atoms with Gasteiger partial charge >= 0.3 is 12.1 Å². The number of benzene rings is 2. The summed E-state index contributed by atoms with van der Waals surface area (Å²) in [5.74, 6) is -0.736. The van der Waals surface area contributed by atoms with Gasteiger partial charge in [-0.15, -0.1) is 0 Å². The van der Waals surface area contributed by atoms with Gasteiger partial charge in [0.25, 0.3) is 0 Å². The Morgan fingerprint density at radius 3 is 2.18 bits per heavy atom. The molecule has 2 amide bonds. The van der Waals surface area contributed by atoms with Crippen LogP contribution >= 0.6 is 0 Å². The number of carbonyl (C=O) groups is 3. The molecule has 3 N–H and O–H groups in total. The number of carboxylic acid groups (broad SMARTS) is 1. The lowest BCUT2D eigenvalue weighted by molar-refractivity contribution is -0.139. The Hall–Kier alpha value is -3.35. The molecule has 1 unspecified atom stereocenters. The number of hydrogen-bond donors (Lipinski definition) is 3. The fourth-order valence-corrected chi connectivity index (χ4v) is 4.85. The molecule has 4 rings (SSSR count). The monoisotopic (exact) mass is 450 g/mol. The van der Waals surface area contributed by atoms with Crippen LogP contribution in [0.1, 0.15) is 43.2 Å². The largest absolute Gasteiger partial charge is 0.481 e. The van der Waals surface area contributed by atoms with Crippen LogP contribution in [-0.4, -0.2) is 42.8 Å². The molecule has 1 saturated carbocycles. The molecule has 33 heavy (non-hydrogen) atoms. The van der Waals surface area contributed by atoms with Gasteiger partial charge in [0.15, 0.2) is 0 Å². The Balaban J connectivity index is 1.19. The Labute approximate surface area is 193 Å². The zero-order valence-electron chi connectivity index (χ0n) is 18.8. The van der Waals surface area contributed by atoms with Gasteiger partial charge in [-0.3, -0.25) is 9.59 Å². The first kappa shape index (κ1) is 22.8. The van der Waals surface area contributed by atoms with Crippen molar-refractivity contribution in [2.75, 3.05) is 19.7 Å². The van der Waals surface area contributed by atoms with Crippen LogP contribution in [-0.2, 0) is 14.3 Å². The average molecular weight is 451 g/mol. The van der Waals surface area contributed by atoms with Crippen molar-refractivity contribution in [1.29, 1.82) is 0 Å². The second-order valence-electron chi connectivity index (χ2n) is 9.15. The molecule has 0 radical (unpaired) electrons. The number of ether oxygens (including phenoxy) is 1. The van der Waals surface area contributed by atoms with Crippen molar-refractivity contribution in [3.63, 3.8) is 0 Å². The predicted octanol–water partition coefficient (Wildman–Crippen LogP) is 3.78. The van der Waals surface area contributed by atoms with E-state index in [1.54, 1.807) is 6.92 Å². The van der Waals surface area contributed by atoms with Gasteiger partial charge in [-0.2, -0.15) is 0 Å². The number of alkyl carbamates (subject to hydrolysis) is 1. The fraction of sp³-hybridized carbons (Fsp3) is 0.423. The third-order valence-electron chi connectivity index (χ3n) is 6.71.